The summed E-state index contributed by atoms with van der Waals surface area (Å²) in [6, 6.07) is 11.9. The molecule has 0 saturated carbocycles. The Labute approximate surface area is 148 Å². The first kappa shape index (κ1) is 17.0. The van der Waals surface area contributed by atoms with Crippen LogP contribution in [0.5, 0.6) is 5.75 Å². The fourth-order valence-electron chi connectivity index (χ4n) is 2.13. The molecule has 0 amide bonds. The van der Waals surface area contributed by atoms with Crippen LogP contribution in [0.2, 0.25) is 5.02 Å². The number of nitrogens with one attached hydrogen (secondary N) is 1. The molecule has 0 saturated heterocycles. The minimum Gasteiger partial charge on any atom is -0.495 e. The Kier molecular flexibility index (Phi) is 4.96. The number of ether oxygens (including phenoxy) is 1. The number of hydrogen-bond donors (Lipinski definition) is 1. The molecule has 0 radical (unpaired) electrons. The number of hydrogen-bond acceptors (Lipinski definition) is 5. The summed E-state index contributed by atoms with van der Waals surface area (Å²) >= 11 is 7.45. The lowest BCUT2D eigenvalue weighted by molar-refractivity contribution is 0.402. The minimum atomic E-state index is -3.79. The molecule has 5 nitrogen and oxygen atoms in total. The number of rotatable bonds is 6. The Bertz CT molecular complexity index is 933. The van der Waals surface area contributed by atoms with Gasteiger partial charge in [0, 0.05) is 5.02 Å². The summed E-state index contributed by atoms with van der Waals surface area (Å²) < 4.78 is 38.2. The molecule has 3 rings (SSSR count). The van der Waals surface area contributed by atoms with Gasteiger partial charge in [0.1, 0.15) is 22.2 Å². The number of thiophene rings is 1. The molecule has 2 aromatic heterocycles. The van der Waals surface area contributed by atoms with Gasteiger partial charge in [0.2, 0.25) is 10.0 Å². The molecule has 3 aromatic rings. The Morgan fingerprint density at radius 3 is 2.79 bits per heavy atom. The van der Waals surface area contributed by atoms with Gasteiger partial charge in [0.15, 0.2) is 0 Å². The van der Waals surface area contributed by atoms with E-state index in [1.165, 1.54) is 19.2 Å². The van der Waals surface area contributed by atoms with E-state index in [0.717, 1.165) is 4.88 Å². The van der Waals surface area contributed by atoms with E-state index in [2.05, 4.69) is 4.72 Å². The van der Waals surface area contributed by atoms with Crippen LogP contribution in [0.1, 0.15) is 5.76 Å². The van der Waals surface area contributed by atoms with Crippen molar-refractivity contribution in [2.24, 2.45) is 0 Å². The first-order valence-corrected chi connectivity index (χ1v) is 9.69. The van der Waals surface area contributed by atoms with Crippen LogP contribution < -0.4 is 9.46 Å². The molecular formula is C16H14ClNO4S2. The number of furan rings is 1. The maximum atomic E-state index is 12.5. The summed E-state index contributed by atoms with van der Waals surface area (Å²) in [6.07, 6.45) is 0. The van der Waals surface area contributed by atoms with Gasteiger partial charge in [-0.25, -0.2) is 13.1 Å². The van der Waals surface area contributed by atoms with Crippen LogP contribution in [0.25, 0.3) is 10.6 Å². The number of benzene rings is 1. The van der Waals surface area contributed by atoms with Gasteiger partial charge in [0.25, 0.3) is 0 Å². The Hall–Kier alpha value is -1.80. The van der Waals surface area contributed by atoms with Crippen molar-refractivity contribution < 1.29 is 17.6 Å². The highest BCUT2D eigenvalue weighted by atomic mass is 35.5. The maximum Gasteiger partial charge on any atom is 0.244 e. The first-order valence-electron chi connectivity index (χ1n) is 6.95. The van der Waals surface area contributed by atoms with Gasteiger partial charge in [-0.15, -0.1) is 11.3 Å². The van der Waals surface area contributed by atoms with Crippen LogP contribution in [0, 0.1) is 0 Å². The monoisotopic (exact) mass is 383 g/mol. The molecule has 0 aliphatic rings. The molecule has 0 aliphatic heterocycles. The van der Waals surface area contributed by atoms with E-state index >= 15 is 0 Å². The third kappa shape index (κ3) is 3.64. The van der Waals surface area contributed by atoms with Gasteiger partial charge in [-0.1, -0.05) is 17.7 Å². The van der Waals surface area contributed by atoms with Crippen LogP contribution >= 0.6 is 22.9 Å². The van der Waals surface area contributed by atoms with Crippen LogP contribution in [-0.4, -0.2) is 15.5 Å². The zero-order valence-corrected chi connectivity index (χ0v) is 15.0. The summed E-state index contributed by atoms with van der Waals surface area (Å²) in [6.45, 7) is 0.0311. The van der Waals surface area contributed by atoms with Crippen molar-refractivity contribution in [2.45, 2.75) is 11.4 Å². The highest BCUT2D eigenvalue weighted by Gasteiger charge is 2.20. The van der Waals surface area contributed by atoms with Gasteiger partial charge < -0.3 is 9.15 Å². The molecule has 0 unspecified atom stereocenters. The predicted octanol–water partition coefficient (Wildman–Crippen LogP) is 4.15. The van der Waals surface area contributed by atoms with Crippen LogP contribution in [0.15, 0.2) is 57.2 Å². The third-order valence-electron chi connectivity index (χ3n) is 3.28. The third-order valence-corrected chi connectivity index (χ3v) is 5.82. The second-order valence-corrected chi connectivity index (χ2v) is 7.98. The van der Waals surface area contributed by atoms with E-state index in [1.54, 1.807) is 23.5 Å². The fraction of sp³-hybridized carbons (Fsp3) is 0.125. The largest absolute Gasteiger partial charge is 0.495 e. The highest BCUT2D eigenvalue weighted by molar-refractivity contribution is 7.89. The first-order chi connectivity index (χ1) is 11.5. The average molecular weight is 384 g/mol. The van der Waals surface area contributed by atoms with Crippen molar-refractivity contribution >= 4 is 33.0 Å². The molecule has 24 heavy (non-hydrogen) atoms. The predicted molar refractivity (Wildman–Crippen MR) is 94.1 cm³/mol. The van der Waals surface area contributed by atoms with Crippen molar-refractivity contribution in [3.8, 4) is 16.4 Å². The van der Waals surface area contributed by atoms with E-state index in [4.69, 9.17) is 20.8 Å². The Morgan fingerprint density at radius 1 is 1.25 bits per heavy atom. The number of halogens is 1. The van der Waals surface area contributed by atoms with E-state index in [-0.39, 0.29) is 17.2 Å². The van der Waals surface area contributed by atoms with Gasteiger partial charge in [-0.05, 0) is 41.8 Å². The maximum absolute atomic E-state index is 12.5. The number of sulfonamides is 1. The summed E-state index contributed by atoms with van der Waals surface area (Å²) in [5.41, 5.74) is 0. The van der Waals surface area contributed by atoms with Crippen molar-refractivity contribution in [3.05, 3.63) is 58.6 Å². The Balaban J connectivity index is 1.77. The molecule has 0 atom stereocenters. The molecule has 8 heteroatoms. The van der Waals surface area contributed by atoms with Crippen molar-refractivity contribution in [1.29, 1.82) is 0 Å². The zero-order chi connectivity index (χ0) is 17.2. The smallest absolute Gasteiger partial charge is 0.244 e. The standard InChI is InChI=1S/C16H14ClNO4S2/c1-21-14-6-4-11(17)9-16(14)24(19,20)18-10-12-5-7-13(22-12)15-3-2-8-23-15/h2-9,18H,10H2,1H3. The zero-order valence-electron chi connectivity index (χ0n) is 12.7. The Morgan fingerprint density at radius 2 is 2.08 bits per heavy atom. The summed E-state index contributed by atoms with van der Waals surface area (Å²) in [4.78, 5) is 0.975. The lowest BCUT2D eigenvalue weighted by atomic mass is 10.3. The van der Waals surface area contributed by atoms with E-state index in [9.17, 15) is 8.42 Å². The van der Waals surface area contributed by atoms with Crippen molar-refractivity contribution in [3.63, 3.8) is 0 Å². The lowest BCUT2D eigenvalue weighted by Crippen LogP contribution is -2.23. The van der Waals surface area contributed by atoms with E-state index < -0.39 is 10.0 Å². The molecule has 0 aliphatic carbocycles. The lowest BCUT2D eigenvalue weighted by Gasteiger charge is -2.10. The van der Waals surface area contributed by atoms with E-state index in [0.29, 0.717) is 16.5 Å². The molecule has 1 N–H and O–H groups in total. The molecule has 126 valence electrons. The molecule has 1 aromatic carbocycles. The van der Waals surface area contributed by atoms with Gasteiger partial charge in [-0.3, -0.25) is 0 Å². The molecular weight excluding hydrogens is 370 g/mol. The summed E-state index contributed by atoms with van der Waals surface area (Å²) in [7, 11) is -2.38. The van der Waals surface area contributed by atoms with Gasteiger partial charge in [-0.2, -0.15) is 0 Å². The fourth-order valence-corrected chi connectivity index (χ4v) is 4.24. The molecule has 0 fully saturated rings. The van der Waals surface area contributed by atoms with Gasteiger partial charge >= 0.3 is 0 Å². The van der Waals surface area contributed by atoms with Crippen LogP contribution in [0.4, 0.5) is 0 Å². The van der Waals surface area contributed by atoms with Crippen molar-refractivity contribution in [1.82, 2.24) is 4.72 Å². The molecule has 2 heterocycles. The normalized spacial score (nSPS) is 11.6. The quantitative estimate of drug-likeness (QED) is 0.694. The highest BCUT2D eigenvalue weighted by Crippen LogP contribution is 2.28. The van der Waals surface area contributed by atoms with Gasteiger partial charge in [0.05, 0.1) is 18.5 Å². The van der Waals surface area contributed by atoms with E-state index in [1.807, 2.05) is 23.6 Å². The minimum absolute atomic E-state index is 0.0115. The summed E-state index contributed by atoms with van der Waals surface area (Å²) in [5.74, 6) is 1.45. The molecule has 0 spiro atoms. The summed E-state index contributed by atoms with van der Waals surface area (Å²) in [5, 5.41) is 2.26. The molecule has 0 bridgehead atoms. The topological polar surface area (TPSA) is 68.5 Å². The van der Waals surface area contributed by atoms with Crippen LogP contribution in [0.3, 0.4) is 0 Å². The second-order valence-electron chi connectivity index (χ2n) is 4.86. The second kappa shape index (κ2) is 6.98. The SMILES string of the molecule is COc1ccc(Cl)cc1S(=O)(=O)NCc1ccc(-c2cccs2)o1. The number of methoxy groups -OCH3 is 1. The van der Waals surface area contributed by atoms with Crippen LogP contribution in [-0.2, 0) is 16.6 Å². The van der Waals surface area contributed by atoms with Crippen molar-refractivity contribution in [2.75, 3.05) is 7.11 Å². The average Bonchev–Trinajstić information content (AvgIpc) is 3.24.